The number of aromatic amines is 1. The van der Waals surface area contributed by atoms with Gasteiger partial charge >= 0.3 is 0 Å². The highest BCUT2D eigenvalue weighted by Crippen LogP contribution is 2.43. The topological polar surface area (TPSA) is 71.4 Å². The van der Waals surface area contributed by atoms with Gasteiger partial charge in [0, 0.05) is 16.1 Å². The summed E-state index contributed by atoms with van der Waals surface area (Å²) in [7, 11) is 0. The fourth-order valence-corrected chi connectivity index (χ4v) is 4.71. The van der Waals surface area contributed by atoms with Crippen LogP contribution in [0.25, 0.3) is 11.3 Å². The third kappa shape index (κ3) is 4.16. The lowest BCUT2D eigenvalue weighted by atomic mass is 9.96. The van der Waals surface area contributed by atoms with E-state index in [1.54, 1.807) is 6.26 Å². The van der Waals surface area contributed by atoms with Gasteiger partial charge in [0.2, 0.25) is 0 Å². The average Bonchev–Trinajstić information content (AvgIpc) is 3.64. The highest BCUT2D eigenvalue weighted by molar-refractivity contribution is 6.30. The molecule has 178 valence electrons. The molecular weight excluding hydrogens is 474 g/mol. The van der Waals surface area contributed by atoms with Crippen LogP contribution in [-0.4, -0.2) is 21.0 Å². The van der Waals surface area contributed by atoms with E-state index in [1.165, 1.54) is 0 Å². The summed E-state index contributed by atoms with van der Waals surface area (Å²) < 4.78 is 11.5. The second-order valence-corrected chi connectivity index (χ2v) is 9.06. The van der Waals surface area contributed by atoms with E-state index in [9.17, 15) is 4.79 Å². The SMILES string of the molecule is O=C1c2[nH]nc(-c3ccccc3)c2C(c2ccc(OCc3ccc(Cl)cc3)cc2)N1Cc1ccco1. The third-order valence-corrected chi connectivity index (χ3v) is 6.58. The molecule has 36 heavy (non-hydrogen) atoms. The number of H-pyrrole nitrogens is 1. The lowest BCUT2D eigenvalue weighted by Gasteiger charge is -2.25. The van der Waals surface area contributed by atoms with Crippen LogP contribution in [0.4, 0.5) is 0 Å². The zero-order valence-electron chi connectivity index (χ0n) is 19.2. The molecule has 3 aromatic carbocycles. The third-order valence-electron chi connectivity index (χ3n) is 6.33. The van der Waals surface area contributed by atoms with Crippen LogP contribution >= 0.6 is 11.6 Å². The van der Waals surface area contributed by atoms with Crippen LogP contribution < -0.4 is 4.74 Å². The van der Waals surface area contributed by atoms with Crippen molar-refractivity contribution in [3.63, 3.8) is 0 Å². The largest absolute Gasteiger partial charge is 0.489 e. The Morgan fingerprint density at radius 2 is 1.72 bits per heavy atom. The molecule has 6 nitrogen and oxygen atoms in total. The fourth-order valence-electron chi connectivity index (χ4n) is 4.59. The molecule has 6 rings (SSSR count). The molecule has 0 fully saturated rings. The number of ether oxygens (including phenoxy) is 1. The number of carbonyl (C=O) groups is 1. The molecule has 0 radical (unpaired) electrons. The minimum absolute atomic E-state index is 0.107. The normalized spacial score (nSPS) is 14.8. The Morgan fingerprint density at radius 3 is 2.44 bits per heavy atom. The molecule has 1 aliphatic rings. The number of furan rings is 1. The van der Waals surface area contributed by atoms with Crippen molar-refractivity contribution in [1.29, 1.82) is 0 Å². The Hall–Kier alpha value is -4.29. The maximum Gasteiger partial charge on any atom is 0.273 e. The number of hydrogen-bond donors (Lipinski definition) is 1. The number of nitrogens with one attached hydrogen (secondary N) is 1. The smallest absolute Gasteiger partial charge is 0.273 e. The lowest BCUT2D eigenvalue weighted by Crippen LogP contribution is -2.28. The van der Waals surface area contributed by atoms with E-state index in [2.05, 4.69) is 10.2 Å². The first-order valence-corrected chi connectivity index (χ1v) is 12.0. The van der Waals surface area contributed by atoms with Crippen LogP contribution in [0.1, 0.15) is 39.0 Å². The number of hydrogen-bond acceptors (Lipinski definition) is 4. The van der Waals surface area contributed by atoms with Crippen molar-refractivity contribution >= 4 is 17.5 Å². The predicted molar refractivity (Wildman–Crippen MR) is 137 cm³/mol. The van der Waals surface area contributed by atoms with Crippen molar-refractivity contribution in [2.75, 3.05) is 0 Å². The number of halogens is 1. The second-order valence-electron chi connectivity index (χ2n) is 8.63. The van der Waals surface area contributed by atoms with Crippen LogP contribution in [0, 0.1) is 0 Å². The van der Waals surface area contributed by atoms with Crippen LogP contribution in [0.5, 0.6) is 5.75 Å². The van der Waals surface area contributed by atoms with E-state index in [-0.39, 0.29) is 11.9 Å². The average molecular weight is 496 g/mol. The van der Waals surface area contributed by atoms with Gasteiger partial charge in [0.15, 0.2) is 0 Å². The van der Waals surface area contributed by atoms with E-state index in [0.717, 1.165) is 39.5 Å². The van der Waals surface area contributed by atoms with E-state index in [1.807, 2.05) is 95.9 Å². The molecule has 2 aromatic heterocycles. The highest BCUT2D eigenvalue weighted by Gasteiger charge is 2.42. The molecule has 3 heterocycles. The Morgan fingerprint density at radius 1 is 0.944 bits per heavy atom. The van der Waals surface area contributed by atoms with Crippen LogP contribution in [0.2, 0.25) is 5.02 Å². The Labute approximate surface area is 213 Å². The molecule has 1 atom stereocenters. The van der Waals surface area contributed by atoms with Gasteiger partial charge in [-0.3, -0.25) is 9.89 Å². The summed E-state index contributed by atoms with van der Waals surface area (Å²) >= 11 is 5.97. The molecule has 0 bridgehead atoms. The van der Waals surface area contributed by atoms with Crippen molar-refractivity contribution in [2.24, 2.45) is 0 Å². The first-order valence-electron chi connectivity index (χ1n) is 11.6. The molecule has 1 amide bonds. The number of fused-ring (bicyclic) bond motifs is 1. The summed E-state index contributed by atoms with van der Waals surface area (Å²) in [6.45, 7) is 0.787. The van der Waals surface area contributed by atoms with Gasteiger partial charge in [-0.25, -0.2) is 0 Å². The number of nitrogens with zero attached hydrogens (tertiary/aromatic N) is 2. The second kappa shape index (κ2) is 9.40. The fraction of sp³-hybridized carbons (Fsp3) is 0.103. The standard InChI is InChI=1S/C29H22ClN3O3/c30-22-12-8-19(9-13-22)18-36-23-14-10-21(11-15-23)28-25-26(20-5-2-1-3-6-20)31-32-27(25)29(34)33(28)17-24-7-4-16-35-24/h1-16,28H,17-18H2,(H,31,32). The molecule has 0 saturated carbocycles. The van der Waals surface area contributed by atoms with Crippen molar-refractivity contribution in [1.82, 2.24) is 15.1 Å². The van der Waals surface area contributed by atoms with E-state index < -0.39 is 0 Å². The quantitative estimate of drug-likeness (QED) is 0.274. The van der Waals surface area contributed by atoms with Gasteiger partial charge in [0.25, 0.3) is 5.91 Å². The molecule has 0 saturated heterocycles. The summed E-state index contributed by atoms with van der Waals surface area (Å²) in [4.78, 5) is 15.3. The van der Waals surface area contributed by atoms with Crippen molar-refractivity contribution < 1.29 is 13.9 Å². The number of amides is 1. The Bertz CT molecular complexity index is 1480. The molecule has 1 unspecified atom stereocenters. The molecule has 7 heteroatoms. The summed E-state index contributed by atoms with van der Waals surface area (Å²) in [5.74, 6) is 1.35. The van der Waals surface area contributed by atoms with Crippen LogP contribution in [0.3, 0.4) is 0 Å². The summed E-state index contributed by atoms with van der Waals surface area (Å²) in [5, 5.41) is 8.21. The highest BCUT2D eigenvalue weighted by atomic mass is 35.5. The number of rotatable bonds is 7. The van der Waals surface area contributed by atoms with Gasteiger partial charge in [-0.15, -0.1) is 0 Å². The number of carbonyl (C=O) groups excluding carboxylic acids is 1. The minimum Gasteiger partial charge on any atom is -0.489 e. The number of aromatic nitrogens is 2. The van der Waals surface area contributed by atoms with Crippen LogP contribution in [-0.2, 0) is 13.2 Å². The predicted octanol–water partition coefficient (Wildman–Crippen LogP) is 6.65. The molecule has 1 N–H and O–H groups in total. The Balaban J connectivity index is 1.33. The van der Waals surface area contributed by atoms with Crippen LogP contribution in [0.15, 0.2) is 102 Å². The van der Waals surface area contributed by atoms with Gasteiger partial charge in [0.1, 0.15) is 23.8 Å². The van der Waals surface area contributed by atoms with Gasteiger partial charge in [0.05, 0.1) is 24.5 Å². The molecule has 1 aliphatic heterocycles. The lowest BCUT2D eigenvalue weighted by molar-refractivity contribution is 0.0717. The summed E-state index contributed by atoms with van der Waals surface area (Å²) in [6.07, 6.45) is 1.62. The van der Waals surface area contributed by atoms with Gasteiger partial charge in [-0.2, -0.15) is 5.10 Å². The van der Waals surface area contributed by atoms with Crippen molar-refractivity contribution in [3.05, 3.63) is 130 Å². The first-order chi connectivity index (χ1) is 17.7. The molecule has 0 spiro atoms. The maximum absolute atomic E-state index is 13.5. The van der Waals surface area contributed by atoms with Gasteiger partial charge in [-0.05, 0) is 47.5 Å². The van der Waals surface area contributed by atoms with Crippen molar-refractivity contribution in [2.45, 2.75) is 19.2 Å². The zero-order valence-corrected chi connectivity index (χ0v) is 20.0. The first kappa shape index (κ1) is 22.2. The molecular formula is C29H22ClN3O3. The maximum atomic E-state index is 13.5. The Kier molecular flexibility index (Phi) is 5.79. The van der Waals surface area contributed by atoms with E-state index >= 15 is 0 Å². The van der Waals surface area contributed by atoms with Crippen molar-refractivity contribution in [3.8, 4) is 17.0 Å². The molecule has 5 aromatic rings. The molecule has 0 aliphatic carbocycles. The van der Waals surface area contributed by atoms with Gasteiger partial charge in [-0.1, -0.05) is 66.2 Å². The summed E-state index contributed by atoms with van der Waals surface area (Å²) in [6, 6.07) is 28.7. The summed E-state index contributed by atoms with van der Waals surface area (Å²) in [5.41, 5.74) is 5.10. The van der Waals surface area contributed by atoms with Gasteiger partial charge < -0.3 is 14.1 Å². The number of benzene rings is 3. The van der Waals surface area contributed by atoms with E-state index in [0.29, 0.717) is 23.9 Å². The zero-order chi connectivity index (χ0) is 24.5. The van der Waals surface area contributed by atoms with E-state index in [4.69, 9.17) is 20.8 Å². The monoisotopic (exact) mass is 495 g/mol. The minimum atomic E-state index is -0.322.